The van der Waals surface area contributed by atoms with Gasteiger partial charge in [-0.2, -0.15) is 5.26 Å². The summed E-state index contributed by atoms with van der Waals surface area (Å²) in [6.07, 6.45) is 0. The van der Waals surface area contributed by atoms with Crippen LogP contribution < -0.4 is 5.56 Å². The lowest BCUT2D eigenvalue weighted by Gasteiger charge is -2.10. The van der Waals surface area contributed by atoms with Gasteiger partial charge in [0, 0.05) is 16.8 Å². The molecule has 3 aromatic rings. The van der Waals surface area contributed by atoms with Crippen LogP contribution in [-0.2, 0) is 0 Å². The van der Waals surface area contributed by atoms with Gasteiger partial charge in [0.2, 0.25) is 0 Å². The third-order valence-electron chi connectivity index (χ3n) is 3.62. The molecule has 3 nitrogen and oxygen atoms in total. The van der Waals surface area contributed by atoms with Gasteiger partial charge in [-0.1, -0.05) is 41.4 Å². The van der Waals surface area contributed by atoms with Gasteiger partial charge in [-0.15, -0.1) is 0 Å². The normalized spacial score (nSPS) is 10.5. The second-order valence-corrected chi connectivity index (χ2v) is 6.81. The lowest BCUT2D eigenvalue weighted by molar-refractivity contribution is 0.624. The van der Waals surface area contributed by atoms with Gasteiger partial charge in [0.05, 0.1) is 14.5 Å². The van der Waals surface area contributed by atoms with E-state index in [4.69, 9.17) is 23.2 Å². The Bertz CT molecular complexity index is 1090. The maximum atomic E-state index is 14.5. The zero-order valence-corrected chi connectivity index (χ0v) is 15.5. The number of pyridine rings is 1. The number of H-pyrrole nitrogens is 1. The van der Waals surface area contributed by atoms with Crippen LogP contribution in [0.15, 0.2) is 51.7 Å². The Kier molecular flexibility index (Phi) is 4.96. The summed E-state index contributed by atoms with van der Waals surface area (Å²) >= 11 is 15.0. The van der Waals surface area contributed by atoms with Gasteiger partial charge in [-0.3, -0.25) is 4.79 Å². The van der Waals surface area contributed by atoms with Crippen molar-refractivity contribution in [2.24, 2.45) is 0 Å². The fraction of sp³-hybridized carbons (Fsp3) is 0. The highest BCUT2D eigenvalue weighted by atomic mass is 79.9. The molecule has 0 aliphatic rings. The summed E-state index contributed by atoms with van der Waals surface area (Å²) in [4.78, 5) is 14.9. The lowest BCUT2D eigenvalue weighted by Crippen LogP contribution is -2.13. The smallest absolute Gasteiger partial charge is 0.266 e. The van der Waals surface area contributed by atoms with E-state index in [1.54, 1.807) is 30.3 Å². The zero-order chi connectivity index (χ0) is 18.1. The minimum absolute atomic E-state index is 0.151. The molecule has 0 fully saturated rings. The van der Waals surface area contributed by atoms with Crippen LogP contribution in [0.2, 0.25) is 10.0 Å². The van der Waals surface area contributed by atoms with E-state index in [1.807, 2.05) is 6.07 Å². The number of hydrogen-bond acceptors (Lipinski definition) is 2. The molecule has 0 aliphatic carbocycles. The molecular weight excluding hydrogens is 430 g/mol. The molecule has 3 rings (SSSR count). The Balaban J connectivity index is 2.30. The fourth-order valence-electron chi connectivity index (χ4n) is 2.41. The number of nitrogens with one attached hydrogen (secondary N) is 1. The first-order valence-corrected chi connectivity index (χ1v) is 8.54. The number of hydrogen-bond donors (Lipinski definition) is 1. The van der Waals surface area contributed by atoms with Gasteiger partial charge in [0.1, 0.15) is 17.4 Å². The van der Waals surface area contributed by atoms with Gasteiger partial charge >= 0.3 is 0 Å². The van der Waals surface area contributed by atoms with E-state index in [1.165, 1.54) is 12.1 Å². The minimum atomic E-state index is -0.611. The van der Waals surface area contributed by atoms with Crippen molar-refractivity contribution in [2.45, 2.75) is 0 Å². The van der Waals surface area contributed by atoms with Crippen molar-refractivity contribution in [2.75, 3.05) is 0 Å². The average molecular weight is 438 g/mol. The topological polar surface area (TPSA) is 56.6 Å². The Morgan fingerprint density at radius 3 is 2.52 bits per heavy atom. The Morgan fingerprint density at radius 1 is 1.08 bits per heavy atom. The molecule has 0 unspecified atom stereocenters. The van der Waals surface area contributed by atoms with Crippen molar-refractivity contribution in [1.29, 1.82) is 5.26 Å². The molecule has 7 heteroatoms. The van der Waals surface area contributed by atoms with Crippen molar-refractivity contribution >= 4 is 39.1 Å². The van der Waals surface area contributed by atoms with Crippen LogP contribution in [0.25, 0.3) is 22.4 Å². The van der Waals surface area contributed by atoms with E-state index in [0.29, 0.717) is 21.3 Å². The van der Waals surface area contributed by atoms with Crippen molar-refractivity contribution in [1.82, 2.24) is 4.98 Å². The summed E-state index contributed by atoms with van der Waals surface area (Å²) in [6, 6.07) is 12.9. The maximum absolute atomic E-state index is 14.5. The summed E-state index contributed by atoms with van der Waals surface area (Å²) < 4.78 is 14.7. The van der Waals surface area contributed by atoms with Gasteiger partial charge in [0.25, 0.3) is 5.56 Å². The first kappa shape index (κ1) is 17.7. The second-order valence-electron chi connectivity index (χ2n) is 5.14. The number of benzene rings is 2. The summed E-state index contributed by atoms with van der Waals surface area (Å²) in [5, 5.41) is 10.0. The number of nitrogens with zero attached hydrogens (tertiary/aromatic N) is 1. The van der Waals surface area contributed by atoms with Gasteiger partial charge < -0.3 is 4.98 Å². The average Bonchev–Trinajstić information content (AvgIpc) is 2.59. The van der Waals surface area contributed by atoms with E-state index in [0.717, 1.165) is 0 Å². The first-order valence-electron chi connectivity index (χ1n) is 6.99. The quantitative estimate of drug-likeness (QED) is 0.551. The van der Waals surface area contributed by atoms with Gasteiger partial charge in [0.15, 0.2) is 0 Å². The molecule has 0 aliphatic heterocycles. The molecule has 0 saturated heterocycles. The molecule has 0 amide bonds. The number of aromatic amines is 1. The molecule has 0 atom stereocenters. The van der Waals surface area contributed by atoms with E-state index in [-0.39, 0.29) is 21.2 Å². The third-order valence-corrected chi connectivity index (χ3v) is 4.97. The number of nitriles is 1. The zero-order valence-electron chi connectivity index (χ0n) is 12.4. The second kappa shape index (κ2) is 7.01. The van der Waals surface area contributed by atoms with Crippen LogP contribution in [0.4, 0.5) is 4.39 Å². The van der Waals surface area contributed by atoms with Crippen LogP contribution in [0.5, 0.6) is 0 Å². The van der Waals surface area contributed by atoms with E-state index in [2.05, 4.69) is 20.9 Å². The van der Waals surface area contributed by atoms with Gasteiger partial charge in [-0.25, -0.2) is 4.39 Å². The van der Waals surface area contributed by atoms with Crippen LogP contribution in [0, 0.1) is 17.1 Å². The highest BCUT2D eigenvalue weighted by molar-refractivity contribution is 9.10. The monoisotopic (exact) mass is 436 g/mol. The maximum Gasteiger partial charge on any atom is 0.266 e. The SMILES string of the molecule is N#Cc1c(-c2cccc(Br)c2F)cc(-c2ccc(Cl)c(Cl)c2)[nH]c1=O. The highest BCUT2D eigenvalue weighted by Crippen LogP contribution is 2.32. The molecule has 1 heterocycles. The van der Waals surface area contributed by atoms with Crippen molar-refractivity contribution in [3.8, 4) is 28.5 Å². The van der Waals surface area contributed by atoms with Crippen molar-refractivity contribution in [3.63, 3.8) is 0 Å². The highest BCUT2D eigenvalue weighted by Gasteiger charge is 2.17. The summed E-state index contributed by atoms with van der Waals surface area (Å²) in [5.74, 6) is -0.551. The number of aromatic nitrogens is 1. The predicted octanol–water partition coefficient (Wildman–Crippen LogP) is 5.79. The van der Waals surface area contributed by atoms with Crippen molar-refractivity contribution < 1.29 is 4.39 Å². The van der Waals surface area contributed by atoms with Crippen LogP contribution in [0.1, 0.15) is 5.56 Å². The molecule has 0 bridgehead atoms. The van der Waals surface area contributed by atoms with Crippen molar-refractivity contribution in [3.05, 3.63) is 78.7 Å². The van der Waals surface area contributed by atoms with Crippen LogP contribution in [0.3, 0.4) is 0 Å². The minimum Gasteiger partial charge on any atom is -0.321 e. The standard InChI is InChI=1S/C18H8BrCl2FN2O/c19-13-3-1-2-10(17(13)22)11-7-16(24-18(25)12(11)8-23)9-4-5-14(20)15(21)6-9/h1-7H,(H,24,25). The molecule has 25 heavy (non-hydrogen) atoms. The lowest BCUT2D eigenvalue weighted by atomic mass is 9.98. The van der Waals surface area contributed by atoms with Gasteiger partial charge in [-0.05, 0) is 45.8 Å². The van der Waals surface area contributed by atoms with Crippen LogP contribution in [-0.4, -0.2) is 4.98 Å². The molecule has 0 spiro atoms. The summed E-state index contributed by atoms with van der Waals surface area (Å²) in [7, 11) is 0. The summed E-state index contributed by atoms with van der Waals surface area (Å²) in [5.41, 5.74) is 0.565. The number of rotatable bonds is 2. The first-order chi connectivity index (χ1) is 11.9. The largest absolute Gasteiger partial charge is 0.321 e. The van der Waals surface area contributed by atoms with E-state index >= 15 is 0 Å². The van der Waals surface area contributed by atoms with E-state index in [9.17, 15) is 14.4 Å². The molecule has 124 valence electrons. The molecule has 1 N–H and O–H groups in total. The number of halogens is 4. The Morgan fingerprint density at radius 2 is 1.84 bits per heavy atom. The molecule has 1 aromatic heterocycles. The summed E-state index contributed by atoms with van der Waals surface area (Å²) in [6.45, 7) is 0. The molecule has 0 radical (unpaired) electrons. The molecular formula is C18H8BrCl2FN2O. The fourth-order valence-corrected chi connectivity index (χ4v) is 3.08. The molecule has 2 aromatic carbocycles. The van der Waals surface area contributed by atoms with E-state index < -0.39 is 11.4 Å². The predicted molar refractivity (Wildman–Crippen MR) is 100 cm³/mol. The Hall–Kier alpha value is -2.13. The molecule has 0 saturated carbocycles. The Labute approximate surface area is 160 Å². The third kappa shape index (κ3) is 3.34. The van der Waals surface area contributed by atoms with Crippen LogP contribution >= 0.6 is 39.1 Å².